The minimum absolute atomic E-state index is 0.127. The first-order valence-electron chi connectivity index (χ1n) is 4.67. The van der Waals surface area contributed by atoms with Gasteiger partial charge in [0.2, 0.25) is 0 Å². The summed E-state index contributed by atoms with van der Waals surface area (Å²) < 4.78 is 4.54. The van der Waals surface area contributed by atoms with E-state index in [0.717, 1.165) is 0 Å². The number of nitrogens with one attached hydrogen (secondary N) is 2. The molecule has 2 rings (SSSR count). The third kappa shape index (κ3) is 1.78. The van der Waals surface area contributed by atoms with Gasteiger partial charge in [-0.1, -0.05) is 0 Å². The molecule has 0 aliphatic rings. The van der Waals surface area contributed by atoms with Gasteiger partial charge in [0.15, 0.2) is 0 Å². The van der Waals surface area contributed by atoms with Crippen LogP contribution in [0, 0.1) is 0 Å². The Hall–Kier alpha value is -2.57. The van der Waals surface area contributed by atoms with Gasteiger partial charge in [-0.2, -0.15) is 0 Å². The van der Waals surface area contributed by atoms with Gasteiger partial charge >= 0.3 is 17.1 Å². The van der Waals surface area contributed by atoms with Crippen LogP contribution in [0.1, 0.15) is 10.4 Å². The summed E-state index contributed by atoms with van der Waals surface area (Å²) in [5.41, 5.74) is 5.01. The predicted molar refractivity (Wildman–Crippen MR) is 60.9 cm³/mol. The van der Waals surface area contributed by atoms with Gasteiger partial charge < -0.3 is 20.4 Å². The van der Waals surface area contributed by atoms with Crippen LogP contribution in [0.4, 0.5) is 5.69 Å². The predicted octanol–water partition coefficient (Wildman–Crippen LogP) is -0.415. The zero-order valence-corrected chi connectivity index (χ0v) is 8.87. The molecule has 0 spiro atoms. The van der Waals surface area contributed by atoms with E-state index in [9.17, 15) is 14.4 Å². The van der Waals surface area contributed by atoms with Crippen LogP contribution < -0.4 is 16.9 Å². The van der Waals surface area contributed by atoms with Crippen LogP contribution in [-0.4, -0.2) is 23.0 Å². The van der Waals surface area contributed by atoms with Gasteiger partial charge in [0.25, 0.3) is 0 Å². The van der Waals surface area contributed by atoms with Gasteiger partial charge in [0.1, 0.15) is 0 Å². The highest BCUT2D eigenvalue weighted by Crippen LogP contribution is 2.18. The number of nitrogens with two attached hydrogens (primary N) is 1. The molecule has 1 aromatic heterocycles. The summed E-state index contributed by atoms with van der Waals surface area (Å²) in [5, 5.41) is 0. The number of fused-ring (bicyclic) bond motifs is 1. The molecule has 0 saturated heterocycles. The van der Waals surface area contributed by atoms with E-state index in [2.05, 4.69) is 14.7 Å². The summed E-state index contributed by atoms with van der Waals surface area (Å²) in [7, 11) is 1.22. The highest BCUT2D eigenvalue weighted by Gasteiger charge is 2.12. The smallest absolute Gasteiger partial charge is 0.340 e. The number of anilines is 1. The topological polar surface area (TPSA) is 118 Å². The molecule has 0 aliphatic carbocycles. The van der Waals surface area contributed by atoms with Gasteiger partial charge in [0, 0.05) is 5.69 Å². The molecular formula is C10H9N3O4. The standard InChI is InChI=1S/C10H9N3O4/c1-17-10(16)4-2-6-7(3-5(4)11)13-9(15)8(14)12-6/h2-3H,11H2,1H3,(H,12,14)(H,13,15). The molecule has 0 fully saturated rings. The number of carbonyl (C=O) groups excluding carboxylic acids is 1. The first-order chi connectivity index (χ1) is 8.02. The van der Waals surface area contributed by atoms with Crippen LogP contribution in [0.15, 0.2) is 21.7 Å². The summed E-state index contributed by atoms with van der Waals surface area (Å²) in [4.78, 5) is 38.3. The molecule has 0 saturated carbocycles. The molecule has 0 bridgehead atoms. The molecule has 0 amide bonds. The SMILES string of the molecule is COC(=O)c1cc2[nH]c(=O)c(=O)[nH]c2cc1N. The highest BCUT2D eigenvalue weighted by atomic mass is 16.5. The van der Waals surface area contributed by atoms with Gasteiger partial charge in [-0.15, -0.1) is 0 Å². The molecule has 7 nitrogen and oxygen atoms in total. The van der Waals surface area contributed by atoms with Crippen molar-refractivity contribution in [2.24, 2.45) is 0 Å². The fraction of sp³-hybridized carbons (Fsp3) is 0.100. The fourth-order valence-corrected chi connectivity index (χ4v) is 1.47. The van der Waals surface area contributed by atoms with E-state index in [0.29, 0.717) is 11.0 Å². The van der Waals surface area contributed by atoms with E-state index in [1.165, 1.54) is 19.2 Å². The summed E-state index contributed by atoms with van der Waals surface area (Å²) in [6.07, 6.45) is 0. The maximum absolute atomic E-state index is 11.4. The molecule has 88 valence electrons. The lowest BCUT2D eigenvalue weighted by Gasteiger charge is -2.05. The van der Waals surface area contributed by atoms with Crippen LogP contribution in [0.25, 0.3) is 11.0 Å². The molecular weight excluding hydrogens is 226 g/mol. The molecule has 0 aliphatic heterocycles. The Morgan fingerprint density at radius 2 is 1.71 bits per heavy atom. The average Bonchev–Trinajstić information content (AvgIpc) is 2.30. The Kier molecular flexibility index (Phi) is 2.43. The third-order valence-corrected chi connectivity index (χ3v) is 2.30. The van der Waals surface area contributed by atoms with Crippen molar-refractivity contribution < 1.29 is 9.53 Å². The molecule has 4 N–H and O–H groups in total. The van der Waals surface area contributed by atoms with Crippen molar-refractivity contribution in [1.82, 2.24) is 9.97 Å². The summed E-state index contributed by atoms with van der Waals surface area (Å²) in [6, 6.07) is 2.74. The number of nitrogen functional groups attached to an aromatic ring is 1. The number of esters is 1. The molecule has 0 unspecified atom stereocenters. The second kappa shape index (κ2) is 3.78. The Balaban J connectivity index is 2.80. The number of H-pyrrole nitrogens is 2. The molecule has 1 heterocycles. The maximum atomic E-state index is 11.4. The van der Waals surface area contributed by atoms with Crippen LogP contribution in [-0.2, 0) is 4.74 Å². The minimum Gasteiger partial charge on any atom is -0.465 e. The number of ether oxygens (including phenoxy) is 1. The molecule has 0 atom stereocenters. The van der Waals surface area contributed by atoms with Crippen LogP contribution >= 0.6 is 0 Å². The average molecular weight is 235 g/mol. The molecule has 7 heteroatoms. The number of benzene rings is 1. The molecule has 17 heavy (non-hydrogen) atoms. The van der Waals surface area contributed by atoms with Crippen LogP contribution in [0.2, 0.25) is 0 Å². The first kappa shape index (κ1) is 10.9. The van der Waals surface area contributed by atoms with E-state index in [-0.39, 0.29) is 11.3 Å². The second-order valence-electron chi connectivity index (χ2n) is 3.38. The second-order valence-corrected chi connectivity index (χ2v) is 3.38. The largest absolute Gasteiger partial charge is 0.465 e. The lowest BCUT2D eigenvalue weighted by atomic mass is 10.1. The summed E-state index contributed by atoms with van der Waals surface area (Å²) >= 11 is 0. The van der Waals surface area contributed by atoms with Gasteiger partial charge in [-0.3, -0.25) is 9.59 Å². The Bertz CT molecular complexity index is 714. The Labute approximate surface area is 94.2 Å². The van der Waals surface area contributed by atoms with Gasteiger partial charge in [-0.25, -0.2) is 4.79 Å². The quantitative estimate of drug-likeness (QED) is 0.352. The third-order valence-electron chi connectivity index (χ3n) is 2.30. The Morgan fingerprint density at radius 1 is 1.18 bits per heavy atom. The van der Waals surface area contributed by atoms with Gasteiger partial charge in [0.05, 0.1) is 23.7 Å². The van der Waals surface area contributed by atoms with Crippen LogP contribution in [0.3, 0.4) is 0 Å². The van der Waals surface area contributed by atoms with E-state index < -0.39 is 17.1 Å². The van der Waals surface area contributed by atoms with E-state index >= 15 is 0 Å². The summed E-state index contributed by atoms with van der Waals surface area (Å²) in [5.74, 6) is -0.614. The van der Waals surface area contributed by atoms with Crippen LogP contribution in [0.5, 0.6) is 0 Å². The fourth-order valence-electron chi connectivity index (χ4n) is 1.47. The van der Waals surface area contributed by atoms with Crippen molar-refractivity contribution in [3.8, 4) is 0 Å². The van der Waals surface area contributed by atoms with Crippen molar-refractivity contribution in [2.75, 3.05) is 12.8 Å². The number of aromatic nitrogens is 2. The number of carbonyl (C=O) groups is 1. The molecule has 1 aromatic carbocycles. The normalized spacial score (nSPS) is 10.4. The van der Waals surface area contributed by atoms with Gasteiger partial charge in [-0.05, 0) is 12.1 Å². The first-order valence-corrected chi connectivity index (χ1v) is 4.67. The van der Waals surface area contributed by atoms with E-state index in [1.807, 2.05) is 0 Å². The number of hydrogen-bond acceptors (Lipinski definition) is 5. The van der Waals surface area contributed by atoms with Crippen molar-refractivity contribution >= 4 is 22.7 Å². The van der Waals surface area contributed by atoms with Crippen molar-refractivity contribution in [2.45, 2.75) is 0 Å². The monoisotopic (exact) mass is 235 g/mol. The lowest BCUT2D eigenvalue weighted by molar-refractivity contribution is 0.0602. The van der Waals surface area contributed by atoms with Crippen molar-refractivity contribution in [1.29, 1.82) is 0 Å². The molecule has 0 radical (unpaired) electrons. The van der Waals surface area contributed by atoms with E-state index in [1.54, 1.807) is 0 Å². The van der Waals surface area contributed by atoms with E-state index in [4.69, 9.17) is 5.73 Å². The van der Waals surface area contributed by atoms with Crippen molar-refractivity contribution in [3.05, 3.63) is 38.4 Å². The zero-order chi connectivity index (χ0) is 12.6. The number of hydrogen-bond donors (Lipinski definition) is 3. The molecule has 2 aromatic rings. The maximum Gasteiger partial charge on any atom is 0.340 e. The number of methoxy groups -OCH3 is 1. The Morgan fingerprint density at radius 3 is 2.24 bits per heavy atom. The highest BCUT2D eigenvalue weighted by molar-refractivity contribution is 5.99. The number of aromatic amines is 2. The minimum atomic E-state index is -0.793. The van der Waals surface area contributed by atoms with Crippen molar-refractivity contribution in [3.63, 3.8) is 0 Å². The zero-order valence-electron chi connectivity index (χ0n) is 8.87. The summed E-state index contributed by atoms with van der Waals surface area (Å²) in [6.45, 7) is 0. The lowest BCUT2D eigenvalue weighted by Crippen LogP contribution is -2.29. The number of rotatable bonds is 1.